The molecule has 36 heavy (non-hydrogen) atoms. The van der Waals surface area contributed by atoms with Crippen LogP contribution in [0.3, 0.4) is 0 Å². The highest BCUT2D eigenvalue weighted by atomic mass is 19.4. The van der Waals surface area contributed by atoms with Gasteiger partial charge in [-0.25, -0.2) is 19.0 Å². The maximum absolute atomic E-state index is 14.2. The second-order valence-electron chi connectivity index (χ2n) is 7.48. The number of carbonyl (C=O) groups excluding carboxylic acids is 1. The van der Waals surface area contributed by atoms with Crippen molar-refractivity contribution < 1.29 is 36.3 Å². The van der Waals surface area contributed by atoms with Crippen LogP contribution in [0.25, 0.3) is 11.1 Å². The van der Waals surface area contributed by atoms with Gasteiger partial charge in [-0.05, 0) is 38.1 Å². The number of rotatable bonds is 6. The Balaban J connectivity index is 1.63. The maximum Gasteiger partial charge on any atom is 0.493 e. The number of fused-ring (bicyclic) bond motifs is 1. The Morgan fingerprint density at radius 1 is 1.11 bits per heavy atom. The van der Waals surface area contributed by atoms with Gasteiger partial charge in [0.1, 0.15) is 22.9 Å². The minimum Gasteiger partial charge on any atom is -0.496 e. The Bertz CT molecular complexity index is 1530. The van der Waals surface area contributed by atoms with Crippen molar-refractivity contribution in [1.82, 2.24) is 14.7 Å². The van der Waals surface area contributed by atoms with Gasteiger partial charge in [-0.3, -0.25) is 0 Å². The molecule has 0 saturated carbocycles. The predicted molar refractivity (Wildman–Crippen MR) is 119 cm³/mol. The highest BCUT2D eigenvalue weighted by molar-refractivity contribution is 5.81. The molecule has 0 unspecified atom stereocenters. The standard InChI is InChI=1S/C22H17F4N5O5/c1-10-9-27-20(29-13-6-14(23)11(2)17(8-13)34-3)30-18(10)28-12-4-5-16-15(7-12)31(21(33)35-16)36-19(32)22(24,25)26/h4-9H,1-3H3,(H2,27,28,29,30). The minimum atomic E-state index is -5.31. The van der Waals surface area contributed by atoms with E-state index in [4.69, 9.17) is 9.15 Å². The van der Waals surface area contributed by atoms with E-state index < -0.39 is 23.7 Å². The summed E-state index contributed by atoms with van der Waals surface area (Å²) in [6, 6.07) is 6.83. The molecule has 2 heterocycles. The normalized spacial score (nSPS) is 11.4. The number of benzene rings is 2. The molecule has 188 valence electrons. The molecule has 10 nitrogen and oxygen atoms in total. The van der Waals surface area contributed by atoms with Gasteiger partial charge in [0, 0.05) is 34.8 Å². The summed E-state index contributed by atoms with van der Waals surface area (Å²) in [5, 5.41) is 5.82. The average molecular weight is 507 g/mol. The van der Waals surface area contributed by atoms with Crippen molar-refractivity contribution >= 4 is 40.2 Å². The van der Waals surface area contributed by atoms with Crippen molar-refractivity contribution in [3.63, 3.8) is 0 Å². The summed E-state index contributed by atoms with van der Waals surface area (Å²) >= 11 is 0. The highest BCUT2D eigenvalue weighted by Crippen LogP contribution is 2.28. The number of carbonyl (C=O) groups is 1. The molecule has 0 atom stereocenters. The van der Waals surface area contributed by atoms with Gasteiger partial charge in [-0.2, -0.15) is 18.2 Å². The van der Waals surface area contributed by atoms with Crippen molar-refractivity contribution in [1.29, 1.82) is 0 Å². The van der Waals surface area contributed by atoms with E-state index in [-0.39, 0.29) is 33.3 Å². The second-order valence-corrected chi connectivity index (χ2v) is 7.48. The number of oxazole rings is 1. The van der Waals surface area contributed by atoms with Crippen LogP contribution in [-0.2, 0) is 4.79 Å². The second kappa shape index (κ2) is 9.20. The number of nitrogens with zero attached hydrogens (tertiary/aromatic N) is 3. The largest absolute Gasteiger partial charge is 0.496 e. The lowest BCUT2D eigenvalue weighted by Gasteiger charge is -2.13. The molecule has 14 heteroatoms. The molecule has 0 aliphatic heterocycles. The summed E-state index contributed by atoms with van der Waals surface area (Å²) < 4.78 is 62.0. The van der Waals surface area contributed by atoms with Crippen LogP contribution in [0.4, 0.5) is 40.7 Å². The molecule has 4 rings (SSSR count). The molecule has 0 spiro atoms. The third-order valence-electron chi connectivity index (χ3n) is 4.95. The topological polar surface area (TPSA) is 121 Å². The first-order valence-corrected chi connectivity index (χ1v) is 10.1. The first-order chi connectivity index (χ1) is 17.0. The molecule has 0 amide bonds. The smallest absolute Gasteiger partial charge is 0.493 e. The van der Waals surface area contributed by atoms with E-state index in [1.54, 1.807) is 19.9 Å². The molecule has 0 fully saturated rings. The molecule has 0 aliphatic carbocycles. The molecule has 2 aromatic heterocycles. The number of aromatic nitrogens is 3. The predicted octanol–water partition coefficient (Wildman–Crippen LogP) is 4.15. The molecule has 0 aliphatic rings. The number of halogens is 4. The van der Waals surface area contributed by atoms with E-state index in [0.717, 1.165) is 0 Å². The zero-order chi connectivity index (χ0) is 26.2. The van der Waals surface area contributed by atoms with Crippen LogP contribution in [-0.4, -0.2) is 34.0 Å². The Hall–Kier alpha value is -4.62. The van der Waals surface area contributed by atoms with Gasteiger partial charge >= 0.3 is 17.9 Å². The van der Waals surface area contributed by atoms with Gasteiger partial charge in [-0.1, -0.05) is 4.73 Å². The number of ether oxygens (including phenoxy) is 1. The van der Waals surface area contributed by atoms with Crippen molar-refractivity contribution in [2.75, 3.05) is 17.7 Å². The minimum absolute atomic E-state index is 0.105. The Morgan fingerprint density at radius 2 is 1.86 bits per heavy atom. The number of anilines is 4. The number of hydrogen-bond donors (Lipinski definition) is 2. The van der Waals surface area contributed by atoms with E-state index >= 15 is 0 Å². The molecular weight excluding hydrogens is 490 g/mol. The van der Waals surface area contributed by atoms with Crippen LogP contribution < -0.4 is 26.0 Å². The van der Waals surface area contributed by atoms with Crippen molar-refractivity contribution in [2.24, 2.45) is 0 Å². The van der Waals surface area contributed by atoms with Gasteiger partial charge < -0.3 is 24.6 Å². The lowest BCUT2D eigenvalue weighted by atomic mass is 10.2. The Kier molecular flexibility index (Phi) is 6.26. The quantitative estimate of drug-likeness (QED) is 0.371. The lowest BCUT2D eigenvalue weighted by Crippen LogP contribution is -2.36. The molecule has 2 aromatic carbocycles. The zero-order valence-electron chi connectivity index (χ0n) is 18.9. The van der Waals surface area contributed by atoms with Crippen LogP contribution in [0.2, 0.25) is 0 Å². The summed E-state index contributed by atoms with van der Waals surface area (Å²) in [5.41, 5.74) is 1.19. The maximum atomic E-state index is 14.2. The SMILES string of the molecule is COc1cc(Nc2ncc(C)c(Nc3ccc4oc(=O)n(OC(=O)C(F)(F)F)c4c3)n2)cc(F)c1C. The highest BCUT2D eigenvalue weighted by Gasteiger charge is 2.42. The molecule has 0 bridgehead atoms. The molecule has 4 aromatic rings. The summed E-state index contributed by atoms with van der Waals surface area (Å²) in [6.07, 6.45) is -3.83. The van der Waals surface area contributed by atoms with E-state index in [1.165, 1.54) is 37.6 Å². The monoisotopic (exact) mass is 507 g/mol. The van der Waals surface area contributed by atoms with Crippen LogP contribution in [0.5, 0.6) is 5.75 Å². The van der Waals surface area contributed by atoms with E-state index in [0.29, 0.717) is 22.6 Å². The van der Waals surface area contributed by atoms with Crippen LogP contribution in [0.1, 0.15) is 11.1 Å². The van der Waals surface area contributed by atoms with E-state index in [1.807, 2.05) is 0 Å². The third-order valence-corrected chi connectivity index (χ3v) is 4.95. The van der Waals surface area contributed by atoms with E-state index in [2.05, 4.69) is 25.4 Å². The molecular formula is C22H17F4N5O5. The first-order valence-electron chi connectivity index (χ1n) is 10.1. The summed E-state index contributed by atoms with van der Waals surface area (Å²) in [7, 11) is 1.41. The Labute approximate surface area is 199 Å². The van der Waals surface area contributed by atoms with Crippen molar-refractivity contribution in [2.45, 2.75) is 20.0 Å². The van der Waals surface area contributed by atoms with Crippen LogP contribution in [0.15, 0.2) is 45.7 Å². The average Bonchev–Trinajstić information content (AvgIpc) is 3.12. The number of alkyl halides is 3. The fourth-order valence-electron chi connectivity index (χ4n) is 3.13. The number of hydrogen-bond acceptors (Lipinski definition) is 9. The number of methoxy groups -OCH3 is 1. The van der Waals surface area contributed by atoms with Gasteiger partial charge in [0.05, 0.1) is 7.11 Å². The number of aryl methyl sites for hydroxylation is 1. The fourth-order valence-corrected chi connectivity index (χ4v) is 3.13. The van der Waals surface area contributed by atoms with Crippen molar-refractivity contribution in [3.8, 4) is 5.75 Å². The summed E-state index contributed by atoms with van der Waals surface area (Å²) in [6.45, 7) is 3.26. The van der Waals surface area contributed by atoms with Gasteiger partial charge in [0.2, 0.25) is 5.95 Å². The first kappa shape index (κ1) is 24.5. The van der Waals surface area contributed by atoms with Gasteiger partial charge in [0.25, 0.3) is 0 Å². The molecule has 0 radical (unpaired) electrons. The Morgan fingerprint density at radius 3 is 2.56 bits per heavy atom. The summed E-state index contributed by atoms with van der Waals surface area (Å²) in [4.78, 5) is 35.7. The molecule has 0 saturated heterocycles. The van der Waals surface area contributed by atoms with Gasteiger partial charge in [0.15, 0.2) is 5.58 Å². The van der Waals surface area contributed by atoms with Gasteiger partial charge in [-0.15, -0.1) is 0 Å². The molecule has 2 N–H and O–H groups in total. The van der Waals surface area contributed by atoms with E-state index in [9.17, 15) is 27.2 Å². The lowest BCUT2D eigenvalue weighted by molar-refractivity contribution is -0.200. The third kappa shape index (κ3) is 4.92. The zero-order valence-corrected chi connectivity index (χ0v) is 18.9. The summed E-state index contributed by atoms with van der Waals surface area (Å²) in [5.74, 6) is -3.67. The van der Waals surface area contributed by atoms with Crippen LogP contribution in [0, 0.1) is 19.7 Å². The van der Waals surface area contributed by atoms with Crippen LogP contribution >= 0.6 is 0 Å². The number of nitrogens with one attached hydrogen (secondary N) is 2. The fraction of sp³-hybridized carbons (Fsp3) is 0.182. The van der Waals surface area contributed by atoms with Crippen molar-refractivity contribution in [3.05, 3.63) is 64.0 Å².